The summed E-state index contributed by atoms with van der Waals surface area (Å²) < 4.78 is 5.51. The van der Waals surface area contributed by atoms with Crippen LogP contribution in [0.4, 0.5) is 0 Å². The van der Waals surface area contributed by atoms with Gasteiger partial charge in [-0.25, -0.2) is 0 Å². The zero-order chi connectivity index (χ0) is 16.4. The zero-order valence-corrected chi connectivity index (χ0v) is 14.2. The number of amides is 1. The highest BCUT2D eigenvalue weighted by Crippen LogP contribution is 2.33. The lowest BCUT2D eigenvalue weighted by molar-refractivity contribution is -0.00237. The average Bonchev–Trinajstić information content (AvgIpc) is 3.11. The number of aliphatic hydroxyl groups excluding tert-OH is 1. The number of nitrogens with zero attached hydrogens (tertiary/aromatic N) is 1. The van der Waals surface area contributed by atoms with Crippen molar-refractivity contribution in [3.63, 3.8) is 0 Å². The molecule has 23 heavy (non-hydrogen) atoms. The van der Waals surface area contributed by atoms with Crippen LogP contribution in [0, 0.1) is 6.92 Å². The summed E-state index contributed by atoms with van der Waals surface area (Å²) in [5, 5.41) is 12.0. The third kappa shape index (κ3) is 3.17. The number of hydrogen-bond donors (Lipinski definition) is 1. The lowest BCUT2D eigenvalue weighted by Crippen LogP contribution is -2.30. The molecule has 2 heterocycles. The van der Waals surface area contributed by atoms with Crippen molar-refractivity contribution >= 4 is 17.2 Å². The normalized spacial score (nSPS) is 20.9. The minimum Gasteiger partial charge on any atom is -0.388 e. The summed E-state index contributed by atoms with van der Waals surface area (Å²) in [4.78, 5) is 15.7. The molecule has 0 bridgehead atoms. The van der Waals surface area contributed by atoms with Gasteiger partial charge in [0.15, 0.2) is 0 Å². The number of benzene rings is 1. The number of hydrogen-bond acceptors (Lipinski definition) is 4. The fourth-order valence-corrected chi connectivity index (χ4v) is 3.91. The van der Waals surface area contributed by atoms with Crippen LogP contribution in [-0.4, -0.2) is 47.8 Å². The van der Waals surface area contributed by atoms with E-state index in [0.717, 1.165) is 16.0 Å². The van der Waals surface area contributed by atoms with E-state index in [1.54, 1.807) is 16.2 Å². The monoisotopic (exact) mass is 331 g/mol. The Morgan fingerprint density at radius 2 is 2.09 bits per heavy atom. The van der Waals surface area contributed by atoms with Crippen molar-refractivity contribution in [2.45, 2.75) is 26.1 Å². The molecule has 1 aliphatic heterocycles. The van der Waals surface area contributed by atoms with Crippen molar-refractivity contribution in [2.75, 3.05) is 19.7 Å². The lowest BCUT2D eigenvalue weighted by Gasteiger charge is -2.17. The van der Waals surface area contributed by atoms with E-state index >= 15 is 0 Å². The topological polar surface area (TPSA) is 49.8 Å². The van der Waals surface area contributed by atoms with Gasteiger partial charge in [0.25, 0.3) is 5.91 Å². The van der Waals surface area contributed by atoms with Crippen LogP contribution in [0.3, 0.4) is 0 Å². The lowest BCUT2D eigenvalue weighted by atomic mass is 10.0. The first kappa shape index (κ1) is 16.2. The van der Waals surface area contributed by atoms with Gasteiger partial charge in [-0.1, -0.05) is 30.3 Å². The molecule has 122 valence electrons. The number of aryl methyl sites for hydroxylation is 1. The Bertz CT molecular complexity index is 683. The maximum atomic E-state index is 12.9. The van der Waals surface area contributed by atoms with Gasteiger partial charge in [-0.05, 0) is 19.4 Å². The van der Waals surface area contributed by atoms with E-state index in [4.69, 9.17) is 4.74 Å². The number of rotatable bonds is 4. The van der Waals surface area contributed by atoms with E-state index in [9.17, 15) is 9.90 Å². The van der Waals surface area contributed by atoms with Gasteiger partial charge in [0.05, 0.1) is 11.7 Å². The van der Waals surface area contributed by atoms with Crippen molar-refractivity contribution < 1.29 is 14.6 Å². The Balaban J connectivity index is 1.87. The molecule has 2 aromatic rings. The molecular formula is C18H21NO3S. The van der Waals surface area contributed by atoms with Crippen LogP contribution < -0.4 is 0 Å². The number of carbonyl (C=O) groups excluding carboxylic acids is 1. The summed E-state index contributed by atoms with van der Waals surface area (Å²) in [6, 6.07) is 9.97. The van der Waals surface area contributed by atoms with E-state index in [1.807, 2.05) is 49.6 Å². The van der Waals surface area contributed by atoms with Crippen molar-refractivity contribution in [3.8, 4) is 11.1 Å². The van der Waals surface area contributed by atoms with Crippen LogP contribution in [0.1, 0.15) is 22.2 Å². The SMILES string of the molecule is CCO[C@H]1CN(C(=O)c2csc(C)c2-c2ccccc2)C[C@@H]1O. The Morgan fingerprint density at radius 3 is 2.78 bits per heavy atom. The fourth-order valence-electron chi connectivity index (χ4n) is 3.05. The summed E-state index contributed by atoms with van der Waals surface area (Å²) in [5.41, 5.74) is 2.76. The van der Waals surface area contributed by atoms with E-state index in [2.05, 4.69) is 0 Å². The molecule has 0 spiro atoms. The molecule has 0 saturated carbocycles. The number of β-amino-alcohol motifs (C(OH)–C–C–N with tert-alkyl or cyclic N) is 1. The average molecular weight is 331 g/mol. The summed E-state index contributed by atoms with van der Waals surface area (Å²) >= 11 is 1.58. The van der Waals surface area contributed by atoms with E-state index in [-0.39, 0.29) is 12.0 Å². The molecule has 1 N–H and O–H groups in total. The van der Waals surface area contributed by atoms with Crippen LogP contribution in [0.2, 0.25) is 0 Å². The second-order valence-corrected chi connectivity index (χ2v) is 6.80. The molecule has 1 amide bonds. The van der Waals surface area contributed by atoms with Crippen LogP contribution in [-0.2, 0) is 4.74 Å². The molecule has 5 heteroatoms. The molecule has 1 aliphatic rings. The van der Waals surface area contributed by atoms with Crippen molar-refractivity contribution in [1.82, 2.24) is 4.90 Å². The van der Waals surface area contributed by atoms with E-state index in [1.165, 1.54) is 0 Å². The Labute approximate surface area is 140 Å². The van der Waals surface area contributed by atoms with Gasteiger partial charge in [0.2, 0.25) is 0 Å². The molecule has 1 aromatic heterocycles. The number of likely N-dealkylation sites (tertiary alicyclic amines) is 1. The predicted molar refractivity (Wildman–Crippen MR) is 91.8 cm³/mol. The maximum absolute atomic E-state index is 12.9. The third-order valence-corrected chi connectivity index (χ3v) is 5.08. The highest BCUT2D eigenvalue weighted by Gasteiger charge is 2.35. The van der Waals surface area contributed by atoms with Crippen LogP contribution in [0.5, 0.6) is 0 Å². The molecular weight excluding hydrogens is 310 g/mol. The molecule has 0 aliphatic carbocycles. The van der Waals surface area contributed by atoms with Crippen LogP contribution >= 0.6 is 11.3 Å². The summed E-state index contributed by atoms with van der Waals surface area (Å²) in [5.74, 6) is -0.0329. The van der Waals surface area contributed by atoms with Crippen molar-refractivity contribution in [3.05, 3.63) is 46.2 Å². The minimum absolute atomic E-state index is 0.0329. The quantitative estimate of drug-likeness (QED) is 0.937. The smallest absolute Gasteiger partial charge is 0.255 e. The molecule has 1 aromatic carbocycles. The highest BCUT2D eigenvalue weighted by molar-refractivity contribution is 7.10. The van der Waals surface area contributed by atoms with Gasteiger partial charge in [-0.2, -0.15) is 0 Å². The van der Waals surface area contributed by atoms with E-state index < -0.39 is 6.10 Å². The highest BCUT2D eigenvalue weighted by atomic mass is 32.1. The first-order valence-electron chi connectivity index (χ1n) is 7.84. The summed E-state index contributed by atoms with van der Waals surface area (Å²) in [7, 11) is 0. The number of carbonyl (C=O) groups is 1. The third-order valence-electron chi connectivity index (χ3n) is 4.17. The van der Waals surface area contributed by atoms with Gasteiger partial charge in [-0.3, -0.25) is 4.79 Å². The second-order valence-electron chi connectivity index (χ2n) is 5.72. The largest absolute Gasteiger partial charge is 0.388 e. The summed E-state index contributed by atoms with van der Waals surface area (Å²) in [6.07, 6.45) is -0.900. The molecule has 4 nitrogen and oxygen atoms in total. The number of aliphatic hydroxyl groups is 1. The first-order chi connectivity index (χ1) is 11.1. The predicted octanol–water partition coefficient (Wildman–Crippen LogP) is 2.95. The van der Waals surface area contributed by atoms with Crippen molar-refractivity contribution in [1.29, 1.82) is 0 Å². The standard InChI is InChI=1S/C18H21NO3S/c1-3-22-16-10-19(9-15(16)20)18(21)14-11-23-12(2)17(14)13-7-5-4-6-8-13/h4-8,11,15-16,20H,3,9-10H2,1-2H3/t15-,16-/m0/s1. The Morgan fingerprint density at radius 1 is 1.35 bits per heavy atom. The minimum atomic E-state index is -0.612. The second kappa shape index (κ2) is 6.83. The molecule has 0 unspecified atom stereocenters. The summed E-state index contributed by atoms with van der Waals surface area (Å²) in [6.45, 7) is 5.23. The van der Waals surface area contributed by atoms with Gasteiger partial charge < -0.3 is 14.7 Å². The molecule has 0 radical (unpaired) electrons. The van der Waals surface area contributed by atoms with Crippen molar-refractivity contribution in [2.24, 2.45) is 0 Å². The van der Waals surface area contributed by atoms with Gasteiger partial charge >= 0.3 is 0 Å². The zero-order valence-electron chi connectivity index (χ0n) is 13.4. The molecule has 1 saturated heterocycles. The number of ether oxygens (including phenoxy) is 1. The molecule has 3 rings (SSSR count). The molecule has 2 atom stereocenters. The first-order valence-corrected chi connectivity index (χ1v) is 8.72. The van der Waals surface area contributed by atoms with Gasteiger partial charge in [-0.15, -0.1) is 11.3 Å². The van der Waals surface area contributed by atoms with Gasteiger partial charge in [0, 0.05) is 35.5 Å². The van der Waals surface area contributed by atoms with Crippen LogP contribution in [0.15, 0.2) is 35.7 Å². The van der Waals surface area contributed by atoms with Crippen LogP contribution in [0.25, 0.3) is 11.1 Å². The van der Waals surface area contributed by atoms with E-state index in [0.29, 0.717) is 25.3 Å². The fraction of sp³-hybridized carbons (Fsp3) is 0.389. The maximum Gasteiger partial charge on any atom is 0.255 e. The Hall–Kier alpha value is -1.69. The number of thiophene rings is 1. The Kier molecular flexibility index (Phi) is 4.80. The van der Waals surface area contributed by atoms with Gasteiger partial charge in [0.1, 0.15) is 6.10 Å². The molecule has 1 fully saturated rings.